The molecule has 210 valence electrons. The summed E-state index contributed by atoms with van der Waals surface area (Å²) in [6, 6.07) is 10.3. The molecule has 0 unspecified atom stereocenters. The van der Waals surface area contributed by atoms with Gasteiger partial charge in [0.1, 0.15) is 34.2 Å². The van der Waals surface area contributed by atoms with Gasteiger partial charge in [-0.2, -0.15) is 0 Å². The molecular formula is C26H29N7O6S. The van der Waals surface area contributed by atoms with E-state index in [0.29, 0.717) is 54.0 Å². The van der Waals surface area contributed by atoms with Gasteiger partial charge in [-0.3, -0.25) is 9.29 Å². The molecule has 13 nitrogen and oxygen atoms in total. The maximum atomic E-state index is 13.9. The average molecular weight is 568 g/mol. The van der Waals surface area contributed by atoms with Crippen LogP contribution in [0.3, 0.4) is 0 Å². The third-order valence-corrected chi connectivity index (χ3v) is 8.15. The number of para-hydroxylation sites is 1. The minimum absolute atomic E-state index is 0.0865. The van der Waals surface area contributed by atoms with E-state index in [0.717, 1.165) is 5.56 Å². The van der Waals surface area contributed by atoms with Crippen LogP contribution < -0.4 is 18.9 Å². The monoisotopic (exact) mass is 567 g/mol. The molecule has 2 atom stereocenters. The predicted molar refractivity (Wildman–Crippen MR) is 145 cm³/mol. The fraction of sp³-hybridized carbons (Fsp3) is 0.346. The van der Waals surface area contributed by atoms with Crippen molar-refractivity contribution in [2.24, 2.45) is 0 Å². The lowest BCUT2D eigenvalue weighted by Crippen LogP contribution is -2.39. The molecule has 1 N–H and O–H groups in total. The Labute approximate surface area is 231 Å². The summed E-state index contributed by atoms with van der Waals surface area (Å²) in [4.78, 5) is 13.1. The smallest absolute Gasteiger partial charge is 0.243 e. The number of ether oxygens (including phenoxy) is 4. The highest BCUT2D eigenvalue weighted by Crippen LogP contribution is 2.39. The Bertz CT molecular complexity index is 1570. The average Bonchev–Trinajstić information content (AvgIpc) is 3.39. The standard InChI is InChI=1S/C26H29N7O6S/c1-16-14-27-24(28-15-16)23-20(11-7-13-39-23)40(34,35)32-26-31-30-25(17-8-5-12-21(29-17)38-4)33(26)22-18(36-2)9-6-10-19(22)37-3/h5-6,8-10,12,14-15,20,23H,7,11,13H2,1-4H3,(H,31,32)/t20-,23+/m0/s1. The lowest BCUT2D eigenvalue weighted by atomic mass is 10.1. The van der Waals surface area contributed by atoms with Crippen molar-refractivity contribution in [3.05, 3.63) is 60.2 Å². The van der Waals surface area contributed by atoms with Crippen molar-refractivity contribution in [1.82, 2.24) is 29.7 Å². The molecule has 0 bridgehead atoms. The molecule has 1 saturated heterocycles. The SMILES string of the molecule is COc1cccc(-c2nnc(NS(=O)(=O)[C@H]3CCCO[C@H]3c3ncc(C)cn3)n2-c2c(OC)cccc2OC)n1. The van der Waals surface area contributed by atoms with Crippen LogP contribution in [0.4, 0.5) is 5.95 Å². The maximum Gasteiger partial charge on any atom is 0.243 e. The summed E-state index contributed by atoms with van der Waals surface area (Å²) in [6.07, 6.45) is 3.31. The van der Waals surface area contributed by atoms with Crippen LogP contribution in [0, 0.1) is 6.92 Å². The number of benzene rings is 1. The Hall–Kier alpha value is -4.30. The van der Waals surface area contributed by atoms with Crippen molar-refractivity contribution in [1.29, 1.82) is 0 Å². The highest BCUT2D eigenvalue weighted by molar-refractivity contribution is 7.93. The van der Waals surface area contributed by atoms with E-state index in [-0.39, 0.29) is 11.8 Å². The first-order chi connectivity index (χ1) is 19.4. The van der Waals surface area contributed by atoms with Crippen molar-refractivity contribution in [2.75, 3.05) is 32.7 Å². The number of aromatic nitrogens is 6. The minimum atomic E-state index is -4.10. The van der Waals surface area contributed by atoms with Crippen LogP contribution in [0.2, 0.25) is 0 Å². The summed E-state index contributed by atoms with van der Waals surface area (Å²) < 4.78 is 54.4. The van der Waals surface area contributed by atoms with Crippen molar-refractivity contribution in [3.8, 4) is 34.6 Å². The molecule has 1 aliphatic rings. The van der Waals surface area contributed by atoms with E-state index < -0.39 is 21.4 Å². The lowest BCUT2D eigenvalue weighted by Gasteiger charge is -2.30. The topological polar surface area (TPSA) is 152 Å². The minimum Gasteiger partial charge on any atom is -0.494 e. The number of hydrogen-bond donors (Lipinski definition) is 1. The molecule has 40 heavy (non-hydrogen) atoms. The lowest BCUT2D eigenvalue weighted by molar-refractivity contribution is 0.0126. The van der Waals surface area contributed by atoms with Crippen LogP contribution in [0.15, 0.2) is 48.8 Å². The van der Waals surface area contributed by atoms with Gasteiger partial charge < -0.3 is 18.9 Å². The molecule has 4 heterocycles. The van der Waals surface area contributed by atoms with Crippen molar-refractivity contribution in [2.45, 2.75) is 31.1 Å². The number of pyridine rings is 1. The van der Waals surface area contributed by atoms with Crippen molar-refractivity contribution < 1.29 is 27.4 Å². The molecule has 0 saturated carbocycles. The molecule has 1 aliphatic heterocycles. The van der Waals surface area contributed by atoms with Gasteiger partial charge in [0.05, 0.1) is 21.3 Å². The molecular weight excluding hydrogens is 538 g/mol. The van der Waals surface area contributed by atoms with Gasteiger partial charge in [0.2, 0.25) is 21.9 Å². The quantitative estimate of drug-likeness (QED) is 0.317. The van der Waals surface area contributed by atoms with Gasteiger partial charge in [0.25, 0.3) is 0 Å². The molecule has 0 amide bonds. The molecule has 3 aromatic heterocycles. The third kappa shape index (κ3) is 5.27. The third-order valence-electron chi connectivity index (χ3n) is 6.41. The van der Waals surface area contributed by atoms with Gasteiger partial charge in [-0.05, 0) is 43.5 Å². The van der Waals surface area contributed by atoms with Crippen LogP contribution >= 0.6 is 0 Å². The summed E-state index contributed by atoms with van der Waals surface area (Å²) in [5, 5.41) is 7.55. The molecule has 5 rings (SSSR count). The van der Waals surface area contributed by atoms with E-state index >= 15 is 0 Å². The summed E-state index contributed by atoms with van der Waals surface area (Å²) >= 11 is 0. The summed E-state index contributed by atoms with van der Waals surface area (Å²) in [5.74, 6) is 1.59. The second-order valence-corrected chi connectivity index (χ2v) is 10.9. The van der Waals surface area contributed by atoms with E-state index in [9.17, 15) is 8.42 Å². The van der Waals surface area contributed by atoms with E-state index in [4.69, 9.17) is 18.9 Å². The first-order valence-electron chi connectivity index (χ1n) is 12.5. The van der Waals surface area contributed by atoms with Crippen LogP contribution in [-0.2, 0) is 14.8 Å². The number of sulfonamides is 1. The first-order valence-corrected chi connectivity index (χ1v) is 14.0. The fourth-order valence-corrected chi connectivity index (χ4v) is 6.04. The number of nitrogens with zero attached hydrogens (tertiary/aromatic N) is 6. The second kappa shape index (κ2) is 11.4. The van der Waals surface area contributed by atoms with Gasteiger partial charge in [-0.25, -0.2) is 23.4 Å². The normalized spacial score (nSPS) is 17.3. The Morgan fingerprint density at radius 3 is 2.35 bits per heavy atom. The van der Waals surface area contributed by atoms with Crippen LogP contribution in [0.5, 0.6) is 17.4 Å². The maximum absolute atomic E-state index is 13.9. The van der Waals surface area contributed by atoms with E-state index in [1.807, 2.05) is 6.92 Å². The zero-order chi connectivity index (χ0) is 28.3. The van der Waals surface area contributed by atoms with E-state index in [1.54, 1.807) is 48.8 Å². The number of aryl methyl sites for hydroxylation is 1. The highest BCUT2D eigenvalue weighted by Gasteiger charge is 2.40. The number of rotatable bonds is 9. The van der Waals surface area contributed by atoms with Gasteiger partial charge in [0, 0.05) is 25.1 Å². The van der Waals surface area contributed by atoms with Crippen molar-refractivity contribution >= 4 is 16.0 Å². The summed E-state index contributed by atoms with van der Waals surface area (Å²) in [5.41, 5.74) is 1.62. The van der Waals surface area contributed by atoms with E-state index in [1.165, 1.54) is 25.9 Å². The van der Waals surface area contributed by atoms with Crippen LogP contribution in [0.1, 0.15) is 30.3 Å². The number of hydrogen-bond acceptors (Lipinski definition) is 11. The Kier molecular flexibility index (Phi) is 7.80. The van der Waals surface area contributed by atoms with Crippen LogP contribution in [0.25, 0.3) is 17.2 Å². The largest absolute Gasteiger partial charge is 0.494 e. The Morgan fingerprint density at radius 1 is 0.975 bits per heavy atom. The number of nitrogens with one attached hydrogen (secondary N) is 1. The van der Waals surface area contributed by atoms with Crippen LogP contribution in [-0.4, -0.2) is 71.3 Å². The number of methoxy groups -OCH3 is 3. The zero-order valence-corrected chi connectivity index (χ0v) is 23.3. The van der Waals surface area contributed by atoms with Gasteiger partial charge in [0.15, 0.2) is 11.6 Å². The molecule has 0 aliphatic carbocycles. The molecule has 1 aromatic carbocycles. The van der Waals surface area contributed by atoms with E-state index in [2.05, 4.69) is 29.9 Å². The fourth-order valence-electron chi connectivity index (χ4n) is 4.50. The Morgan fingerprint density at radius 2 is 1.68 bits per heavy atom. The highest BCUT2D eigenvalue weighted by atomic mass is 32.2. The van der Waals surface area contributed by atoms with Gasteiger partial charge >= 0.3 is 0 Å². The predicted octanol–water partition coefficient (Wildman–Crippen LogP) is 3.12. The summed E-state index contributed by atoms with van der Waals surface area (Å²) in [6.45, 7) is 2.25. The second-order valence-electron chi connectivity index (χ2n) is 9.00. The molecule has 1 fully saturated rings. The number of anilines is 1. The first kappa shape index (κ1) is 27.3. The molecule has 4 aromatic rings. The Balaban J connectivity index is 1.63. The molecule has 0 spiro atoms. The van der Waals surface area contributed by atoms with Crippen molar-refractivity contribution in [3.63, 3.8) is 0 Å². The molecule has 0 radical (unpaired) electrons. The molecule has 14 heteroatoms. The van der Waals surface area contributed by atoms with Gasteiger partial charge in [-0.15, -0.1) is 10.2 Å². The zero-order valence-electron chi connectivity index (χ0n) is 22.4. The summed E-state index contributed by atoms with van der Waals surface area (Å²) in [7, 11) is 0.403. The van der Waals surface area contributed by atoms with Gasteiger partial charge in [-0.1, -0.05) is 12.1 Å².